The summed E-state index contributed by atoms with van der Waals surface area (Å²) in [7, 11) is 0. The first-order chi connectivity index (χ1) is 9.58. The lowest BCUT2D eigenvalue weighted by molar-refractivity contribution is -0.385. The van der Waals surface area contributed by atoms with Gasteiger partial charge in [0.25, 0.3) is 5.69 Å². The molecule has 0 bridgehead atoms. The Morgan fingerprint density at radius 3 is 2.60 bits per heavy atom. The molecule has 1 rings (SSSR count). The third kappa shape index (κ3) is 5.29. The predicted molar refractivity (Wildman–Crippen MR) is 82.9 cm³/mol. The molecule has 112 valence electrons. The van der Waals surface area contributed by atoms with Crippen molar-refractivity contribution in [2.75, 3.05) is 0 Å². The van der Waals surface area contributed by atoms with Crippen molar-refractivity contribution >= 4 is 5.69 Å². The molecule has 0 saturated carbocycles. The summed E-state index contributed by atoms with van der Waals surface area (Å²) in [6.07, 6.45) is 5.94. The highest BCUT2D eigenvalue weighted by molar-refractivity contribution is 5.42. The molecule has 1 N–H and O–H groups in total. The maximum absolute atomic E-state index is 10.9. The normalized spacial score (nSPS) is 12.3. The summed E-state index contributed by atoms with van der Waals surface area (Å²) in [6, 6.07) is 6.00. The van der Waals surface area contributed by atoms with Crippen molar-refractivity contribution in [1.82, 2.24) is 5.32 Å². The van der Waals surface area contributed by atoms with Crippen LogP contribution < -0.4 is 5.32 Å². The minimum Gasteiger partial charge on any atom is -0.310 e. The summed E-state index contributed by atoms with van der Waals surface area (Å²) in [4.78, 5) is 10.6. The number of nitro benzene ring substituents is 1. The summed E-state index contributed by atoms with van der Waals surface area (Å²) in [5.41, 5.74) is 1.92. The Hall–Kier alpha value is -1.42. The molecule has 0 spiro atoms. The van der Waals surface area contributed by atoms with E-state index < -0.39 is 0 Å². The average Bonchev–Trinajstić information content (AvgIpc) is 2.43. The van der Waals surface area contributed by atoms with E-state index in [0.717, 1.165) is 24.0 Å². The van der Waals surface area contributed by atoms with Crippen LogP contribution in [0.4, 0.5) is 5.69 Å². The summed E-state index contributed by atoms with van der Waals surface area (Å²) in [5, 5.41) is 14.5. The molecule has 0 fully saturated rings. The smallest absolute Gasteiger partial charge is 0.272 e. The monoisotopic (exact) mass is 278 g/mol. The standard InChI is InChI=1S/C16H26N2O2/c1-4-6-8-15(7-5-2)17-12-14-10-9-13(3)16(11-14)18(19)20/h9-11,15,17H,4-8,12H2,1-3H3. The van der Waals surface area contributed by atoms with Crippen LogP contribution in [-0.2, 0) is 6.54 Å². The second kappa shape index (κ2) is 8.69. The van der Waals surface area contributed by atoms with Gasteiger partial charge in [0.1, 0.15) is 0 Å². The number of nitrogens with zero attached hydrogens (tertiary/aromatic N) is 1. The van der Waals surface area contributed by atoms with Crippen molar-refractivity contribution in [3.8, 4) is 0 Å². The lowest BCUT2D eigenvalue weighted by atomic mass is 10.0. The van der Waals surface area contributed by atoms with Gasteiger partial charge in [-0.15, -0.1) is 0 Å². The second-order valence-electron chi connectivity index (χ2n) is 5.39. The molecule has 0 radical (unpaired) electrons. The fourth-order valence-corrected chi connectivity index (χ4v) is 2.37. The van der Waals surface area contributed by atoms with E-state index in [-0.39, 0.29) is 10.6 Å². The van der Waals surface area contributed by atoms with Gasteiger partial charge in [-0.05, 0) is 25.3 Å². The number of aryl methyl sites for hydroxylation is 1. The Balaban J connectivity index is 2.62. The number of hydrogen-bond donors (Lipinski definition) is 1. The highest BCUT2D eigenvalue weighted by Gasteiger charge is 2.12. The molecule has 4 heteroatoms. The van der Waals surface area contributed by atoms with E-state index in [2.05, 4.69) is 19.2 Å². The molecule has 0 aromatic heterocycles. The van der Waals surface area contributed by atoms with Crippen molar-refractivity contribution in [3.63, 3.8) is 0 Å². The molecule has 1 aromatic rings. The fraction of sp³-hybridized carbons (Fsp3) is 0.625. The lowest BCUT2D eigenvalue weighted by Gasteiger charge is -2.18. The number of nitrogens with one attached hydrogen (secondary N) is 1. The van der Waals surface area contributed by atoms with Gasteiger partial charge in [-0.25, -0.2) is 0 Å². The van der Waals surface area contributed by atoms with Crippen LogP contribution in [-0.4, -0.2) is 11.0 Å². The summed E-state index contributed by atoms with van der Waals surface area (Å²) >= 11 is 0. The van der Waals surface area contributed by atoms with Crippen molar-refractivity contribution in [1.29, 1.82) is 0 Å². The van der Waals surface area contributed by atoms with Crippen LogP contribution in [0.15, 0.2) is 18.2 Å². The number of rotatable bonds is 9. The first-order valence-electron chi connectivity index (χ1n) is 7.55. The molecule has 1 unspecified atom stereocenters. The van der Waals surface area contributed by atoms with Crippen LogP contribution in [0.1, 0.15) is 57.1 Å². The molecule has 1 aromatic carbocycles. The zero-order chi connectivity index (χ0) is 15.0. The van der Waals surface area contributed by atoms with Crippen LogP contribution in [0.3, 0.4) is 0 Å². The van der Waals surface area contributed by atoms with Crippen molar-refractivity contribution < 1.29 is 4.92 Å². The SMILES string of the molecule is CCCCC(CCC)NCc1ccc(C)c([N+](=O)[O-])c1. The number of nitro groups is 1. The van der Waals surface area contributed by atoms with E-state index in [4.69, 9.17) is 0 Å². The largest absolute Gasteiger partial charge is 0.310 e. The van der Waals surface area contributed by atoms with Crippen LogP contribution in [0.25, 0.3) is 0 Å². The lowest BCUT2D eigenvalue weighted by Crippen LogP contribution is -2.28. The number of benzene rings is 1. The molecule has 20 heavy (non-hydrogen) atoms. The Bertz CT molecular complexity index is 432. The Labute approximate surface area is 121 Å². The van der Waals surface area contributed by atoms with Crippen molar-refractivity contribution in [2.45, 2.75) is 65.5 Å². The van der Waals surface area contributed by atoms with E-state index in [1.54, 1.807) is 13.0 Å². The Morgan fingerprint density at radius 2 is 2.00 bits per heavy atom. The molecule has 0 aliphatic carbocycles. The quantitative estimate of drug-likeness (QED) is 0.539. The average molecular weight is 278 g/mol. The molecule has 1 atom stereocenters. The van der Waals surface area contributed by atoms with Gasteiger partial charge in [0.2, 0.25) is 0 Å². The Kier molecular flexibility index (Phi) is 7.23. The van der Waals surface area contributed by atoms with Gasteiger partial charge in [-0.2, -0.15) is 0 Å². The van der Waals surface area contributed by atoms with Gasteiger partial charge < -0.3 is 5.32 Å². The molecular weight excluding hydrogens is 252 g/mol. The minimum absolute atomic E-state index is 0.213. The third-order valence-corrected chi connectivity index (χ3v) is 3.61. The van der Waals surface area contributed by atoms with E-state index >= 15 is 0 Å². The molecule has 0 aliphatic heterocycles. The van der Waals surface area contributed by atoms with Crippen LogP contribution in [0.5, 0.6) is 0 Å². The molecule has 0 saturated heterocycles. The zero-order valence-electron chi connectivity index (χ0n) is 12.8. The van der Waals surface area contributed by atoms with E-state index in [1.165, 1.54) is 19.3 Å². The zero-order valence-corrected chi connectivity index (χ0v) is 12.8. The Morgan fingerprint density at radius 1 is 1.25 bits per heavy atom. The van der Waals surface area contributed by atoms with Crippen LogP contribution >= 0.6 is 0 Å². The van der Waals surface area contributed by atoms with Crippen molar-refractivity contribution in [2.24, 2.45) is 0 Å². The van der Waals surface area contributed by atoms with Gasteiger partial charge >= 0.3 is 0 Å². The number of hydrogen-bond acceptors (Lipinski definition) is 3. The topological polar surface area (TPSA) is 55.2 Å². The second-order valence-corrected chi connectivity index (χ2v) is 5.39. The predicted octanol–water partition coefficient (Wildman–Crippen LogP) is 4.35. The maximum Gasteiger partial charge on any atom is 0.272 e. The van der Waals surface area contributed by atoms with Crippen LogP contribution in [0.2, 0.25) is 0 Å². The van der Waals surface area contributed by atoms with Crippen molar-refractivity contribution in [3.05, 3.63) is 39.4 Å². The summed E-state index contributed by atoms with van der Waals surface area (Å²) in [5.74, 6) is 0. The van der Waals surface area contributed by atoms with Gasteiger partial charge in [0, 0.05) is 24.2 Å². The molecule has 0 amide bonds. The van der Waals surface area contributed by atoms with E-state index in [0.29, 0.717) is 12.6 Å². The molecule has 0 aliphatic rings. The van der Waals surface area contributed by atoms with E-state index in [9.17, 15) is 10.1 Å². The van der Waals surface area contributed by atoms with Gasteiger partial charge in [-0.3, -0.25) is 10.1 Å². The third-order valence-electron chi connectivity index (χ3n) is 3.61. The first kappa shape index (κ1) is 16.6. The first-order valence-corrected chi connectivity index (χ1v) is 7.55. The van der Waals surface area contributed by atoms with E-state index in [1.807, 2.05) is 12.1 Å². The molecule has 0 heterocycles. The molecule has 4 nitrogen and oxygen atoms in total. The summed E-state index contributed by atoms with van der Waals surface area (Å²) in [6.45, 7) is 6.87. The van der Waals surface area contributed by atoms with Gasteiger partial charge in [0.15, 0.2) is 0 Å². The highest BCUT2D eigenvalue weighted by Crippen LogP contribution is 2.19. The maximum atomic E-state index is 10.9. The summed E-state index contributed by atoms with van der Waals surface area (Å²) < 4.78 is 0. The number of unbranched alkanes of at least 4 members (excludes halogenated alkanes) is 1. The van der Waals surface area contributed by atoms with Crippen LogP contribution in [0, 0.1) is 17.0 Å². The fourth-order valence-electron chi connectivity index (χ4n) is 2.37. The highest BCUT2D eigenvalue weighted by atomic mass is 16.6. The van der Waals surface area contributed by atoms with Gasteiger partial charge in [0.05, 0.1) is 4.92 Å². The minimum atomic E-state index is -0.306. The van der Waals surface area contributed by atoms with Gasteiger partial charge in [-0.1, -0.05) is 45.2 Å². The molecular formula is C16H26N2O2.